The Balaban J connectivity index is 4.02. The van der Waals surface area contributed by atoms with Gasteiger partial charge in [-0.3, -0.25) is 4.79 Å². The molecule has 0 spiro atoms. The number of rotatable bonds is 7. The SMILES string of the molecule is CCOC(=O)C(CN(C)CC(C)C)NC. The summed E-state index contributed by atoms with van der Waals surface area (Å²) in [6.45, 7) is 8.25. The second-order valence-electron chi connectivity index (χ2n) is 4.21. The maximum atomic E-state index is 11.5. The molecule has 90 valence electrons. The van der Waals surface area contributed by atoms with Gasteiger partial charge in [0.05, 0.1) is 6.61 Å². The number of nitrogens with zero attached hydrogens (tertiary/aromatic N) is 1. The predicted octanol–water partition coefficient (Wildman–Crippen LogP) is 0.725. The molecule has 0 aromatic rings. The number of esters is 1. The summed E-state index contributed by atoms with van der Waals surface area (Å²) in [7, 11) is 3.80. The van der Waals surface area contributed by atoms with Gasteiger partial charge < -0.3 is 15.0 Å². The smallest absolute Gasteiger partial charge is 0.324 e. The van der Waals surface area contributed by atoms with Crippen LogP contribution >= 0.6 is 0 Å². The first-order valence-electron chi connectivity index (χ1n) is 5.53. The van der Waals surface area contributed by atoms with Crippen LogP contribution in [0.3, 0.4) is 0 Å². The van der Waals surface area contributed by atoms with Crippen LogP contribution < -0.4 is 5.32 Å². The highest BCUT2D eigenvalue weighted by atomic mass is 16.5. The van der Waals surface area contributed by atoms with Gasteiger partial charge in [-0.25, -0.2) is 0 Å². The van der Waals surface area contributed by atoms with Gasteiger partial charge in [-0.05, 0) is 26.9 Å². The Morgan fingerprint density at radius 3 is 2.40 bits per heavy atom. The Bertz CT molecular complexity index is 183. The van der Waals surface area contributed by atoms with Gasteiger partial charge in [0.25, 0.3) is 0 Å². The van der Waals surface area contributed by atoms with Crippen molar-refractivity contribution in [2.45, 2.75) is 26.8 Å². The topological polar surface area (TPSA) is 41.6 Å². The van der Waals surface area contributed by atoms with Gasteiger partial charge in [-0.2, -0.15) is 0 Å². The molecule has 0 aliphatic rings. The van der Waals surface area contributed by atoms with Crippen molar-refractivity contribution < 1.29 is 9.53 Å². The molecule has 4 nitrogen and oxygen atoms in total. The zero-order chi connectivity index (χ0) is 11.8. The number of hydrogen-bond acceptors (Lipinski definition) is 4. The molecule has 0 fully saturated rings. The maximum Gasteiger partial charge on any atom is 0.324 e. The minimum absolute atomic E-state index is 0.171. The number of nitrogens with one attached hydrogen (secondary N) is 1. The van der Waals surface area contributed by atoms with Gasteiger partial charge in [0.1, 0.15) is 6.04 Å². The minimum Gasteiger partial charge on any atom is -0.465 e. The van der Waals surface area contributed by atoms with Crippen LogP contribution in [0.15, 0.2) is 0 Å². The molecule has 4 heteroatoms. The van der Waals surface area contributed by atoms with Crippen molar-refractivity contribution in [2.75, 3.05) is 33.8 Å². The fraction of sp³-hybridized carbons (Fsp3) is 0.909. The van der Waals surface area contributed by atoms with E-state index < -0.39 is 0 Å². The molecular weight excluding hydrogens is 192 g/mol. The molecule has 0 aliphatic carbocycles. The number of hydrogen-bond donors (Lipinski definition) is 1. The molecule has 0 saturated heterocycles. The molecule has 0 aliphatic heterocycles. The summed E-state index contributed by atoms with van der Waals surface area (Å²) in [6, 6.07) is -0.228. The Kier molecular flexibility index (Phi) is 7.34. The molecule has 0 bridgehead atoms. The maximum absolute atomic E-state index is 11.5. The molecule has 1 atom stereocenters. The fourth-order valence-corrected chi connectivity index (χ4v) is 1.54. The summed E-state index contributed by atoms with van der Waals surface area (Å²) >= 11 is 0. The Labute approximate surface area is 93.0 Å². The van der Waals surface area contributed by atoms with Crippen molar-refractivity contribution in [2.24, 2.45) is 5.92 Å². The summed E-state index contributed by atoms with van der Waals surface area (Å²) in [6.07, 6.45) is 0. The lowest BCUT2D eigenvalue weighted by molar-refractivity contribution is -0.146. The van der Waals surface area contributed by atoms with Gasteiger partial charge in [0, 0.05) is 13.1 Å². The van der Waals surface area contributed by atoms with Crippen LogP contribution in [-0.2, 0) is 9.53 Å². The highest BCUT2D eigenvalue weighted by molar-refractivity contribution is 5.76. The lowest BCUT2D eigenvalue weighted by atomic mass is 10.2. The van der Waals surface area contributed by atoms with Crippen LogP contribution in [0, 0.1) is 5.92 Å². The molecule has 0 radical (unpaired) electrons. The third-order valence-electron chi connectivity index (χ3n) is 2.09. The Morgan fingerprint density at radius 2 is 2.00 bits per heavy atom. The van der Waals surface area contributed by atoms with E-state index in [0.717, 1.165) is 6.54 Å². The van der Waals surface area contributed by atoms with Crippen molar-refractivity contribution in [1.82, 2.24) is 10.2 Å². The summed E-state index contributed by atoms with van der Waals surface area (Å²) in [4.78, 5) is 13.6. The first kappa shape index (κ1) is 14.4. The minimum atomic E-state index is -0.228. The van der Waals surface area contributed by atoms with Crippen molar-refractivity contribution in [3.63, 3.8) is 0 Å². The number of carbonyl (C=O) groups is 1. The summed E-state index contributed by atoms with van der Waals surface area (Å²) in [5.41, 5.74) is 0. The normalized spacial score (nSPS) is 13.3. The summed E-state index contributed by atoms with van der Waals surface area (Å²) < 4.78 is 4.97. The van der Waals surface area contributed by atoms with Crippen LogP contribution in [0.4, 0.5) is 0 Å². The fourth-order valence-electron chi connectivity index (χ4n) is 1.54. The van der Waals surface area contributed by atoms with E-state index in [4.69, 9.17) is 4.74 Å². The van der Waals surface area contributed by atoms with Crippen molar-refractivity contribution in [3.8, 4) is 0 Å². The molecule has 0 aromatic carbocycles. The average molecular weight is 216 g/mol. The lowest BCUT2D eigenvalue weighted by Crippen LogP contribution is -2.45. The van der Waals surface area contributed by atoms with E-state index in [-0.39, 0.29) is 12.0 Å². The van der Waals surface area contributed by atoms with E-state index >= 15 is 0 Å². The highest BCUT2D eigenvalue weighted by Crippen LogP contribution is 1.98. The van der Waals surface area contributed by atoms with Crippen molar-refractivity contribution in [3.05, 3.63) is 0 Å². The monoisotopic (exact) mass is 216 g/mol. The van der Waals surface area contributed by atoms with Crippen molar-refractivity contribution in [1.29, 1.82) is 0 Å². The molecule has 0 saturated carbocycles. The standard InChI is InChI=1S/C11H24N2O2/c1-6-15-11(14)10(12-4)8-13(5)7-9(2)3/h9-10,12H,6-8H2,1-5H3. The molecule has 15 heavy (non-hydrogen) atoms. The first-order chi connectivity index (χ1) is 7.01. The second-order valence-corrected chi connectivity index (χ2v) is 4.21. The molecular formula is C11H24N2O2. The van der Waals surface area contributed by atoms with Gasteiger partial charge in [0.15, 0.2) is 0 Å². The first-order valence-corrected chi connectivity index (χ1v) is 5.53. The second kappa shape index (κ2) is 7.65. The molecule has 0 rings (SSSR count). The number of likely N-dealkylation sites (N-methyl/N-ethyl adjacent to an activating group) is 2. The molecule has 1 N–H and O–H groups in total. The third-order valence-corrected chi connectivity index (χ3v) is 2.09. The molecule has 1 unspecified atom stereocenters. The van der Waals surface area contributed by atoms with Crippen LogP contribution in [0.2, 0.25) is 0 Å². The summed E-state index contributed by atoms with van der Waals surface area (Å²) in [5, 5.41) is 2.97. The molecule has 0 amide bonds. The van der Waals surface area contributed by atoms with Gasteiger partial charge in [0.2, 0.25) is 0 Å². The number of carbonyl (C=O) groups excluding carboxylic acids is 1. The quantitative estimate of drug-likeness (QED) is 0.637. The zero-order valence-corrected chi connectivity index (χ0v) is 10.5. The van der Waals surface area contributed by atoms with E-state index in [9.17, 15) is 4.79 Å². The van der Waals surface area contributed by atoms with E-state index in [1.54, 1.807) is 7.05 Å². The van der Waals surface area contributed by atoms with Gasteiger partial charge >= 0.3 is 5.97 Å². The predicted molar refractivity (Wildman–Crippen MR) is 61.8 cm³/mol. The average Bonchev–Trinajstić information content (AvgIpc) is 2.13. The third kappa shape index (κ3) is 6.47. The van der Waals surface area contributed by atoms with Crippen LogP contribution in [-0.4, -0.2) is 50.7 Å². The van der Waals surface area contributed by atoms with E-state index in [2.05, 4.69) is 24.1 Å². The highest BCUT2D eigenvalue weighted by Gasteiger charge is 2.19. The Hall–Kier alpha value is -0.610. The largest absolute Gasteiger partial charge is 0.465 e. The van der Waals surface area contributed by atoms with E-state index in [1.165, 1.54) is 0 Å². The zero-order valence-electron chi connectivity index (χ0n) is 10.5. The van der Waals surface area contributed by atoms with Crippen LogP contribution in [0.5, 0.6) is 0 Å². The van der Waals surface area contributed by atoms with Crippen molar-refractivity contribution >= 4 is 5.97 Å². The Morgan fingerprint density at radius 1 is 1.40 bits per heavy atom. The van der Waals surface area contributed by atoms with Gasteiger partial charge in [-0.1, -0.05) is 13.8 Å². The lowest BCUT2D eigenvalue weighted by Gasteiger charge is -2.23. The van der Waals surface area contributed by atoms with E-state index in [0.29, 0.717) is 19.1 Å². The van der Waals surface area contributed by atoms with Crippen LogP contribution in [0.1, 0.15) is 20.8 Å². The van der Waals surface area contributed by atoms with Crippen LogP contribution in [0.25, 0.3) is 0 Å². The summed E-state index contributed by atoms with van der Waals surface area (Å²) in [5.74, 6) is 0.435. The number of ether oxygens (including phenoxy) is 1. The van der Waals surface area contributed by atoms with E-state index in [1.807, 2.05) is 14.0 Å². The molecule has 0 aromatic heterocycles. The molecule has 0 heterocycles. The van der Waals surface area contributed by atoms with Gasteiger partial charge in [-0.15, -0.1) is 0 Å².